The maximum atomic E-state index is 10.0. The molecular formula is C15H24N2O. The molecule has 3 nitrogen and oxygen atoms in total. The standard InChI is InChI=1S/C15H24N2O/c1-17(2)9-7-12-5-6-15(18)14(10-12)13-4-3-8-16-11-13/h5-6,10,13,16,18H,3-4,7-9,11H2,1-2H3. The molecule has 0 radical (unpaired) electrons. The molecule has 1 aliphatic rings. The molecule has 1 fully saturated rings. The molecule has 1 saturated heterocycles. The molecule has 0 bridgehead atoms. The third kappa shape index (κ3) is 3.47. The summed E-state index contributed by atoms with van der Waals surface area (Å²) in [5.74, 6) is 0.926. The summed E-state index contributed by atoms with van der Waals surface area (Å²) in [5.41, 5.74) is 2.44. The molecule has 100 valence electrons. The Hall–Kier alpha value is -1.06. The molecule has 1 unspecified atom stereocenters. The van der Waals surface area contributed by atoms with E-state index in [9.17, 15) is 5.11 Å². The lowest BCUT2D eigenvalue weighted by molar-refractivity contribution is 0.411. The Morgan fingerprint density at radius 2 is 2.22 bits per heavy atom. The van der Waals surface area contributed by atoms with Crippen molar-refractivity contribution in [1.82, 2.24) is 10.2 Å². The minimum atomic E-state index is 0.456. The number of aromatic hydroxyl groups is 1. The van der Waals surface area contributed by atoms with E-state index in [4.69, 9.17) is 0 Å². The summed E-state index contributed by atoms with van der Waals surface area (Å²) < 4.78 is 0. The summed E-state index contributed by atoms with van der Waals surface area (Å²) in [7, 11) is 4.18. The van der Waals surface area contributed by atoms with E-state index in [0.29, 0.717) is 11.7 Å². The normalized spacial score (nSPS) is 20.3. The quantitative estimate of drug-likeness (QED) is 0.855. The van der Waals surface area contributed by atoms with Crippen LogP contribution < -0.4 is 5.32 Å². The van der Waals surface area contributed by atoms with Crippen molar-refractivity contribution in [2.24, 2.45) is 0 Å². The molecule has 2 N–H and O–H groups in total. The summed E-state index contributed by atoms with van der Waals surface area (Å²) in [4.78, 5) is 2.19. The van der Waals surface area contributed by atoms with Gasteiger partial charge < -0.3 is 15.3 Å². The van der Waals surface area contributed by atoms with Crippen LogP contribution in [0.3, 0.4) is 0 Å². The zero-order valence-corrected chi connectivity index (χ0v) is 11.4. The summed E-state index contributed by atoms with van der Waals surface area (Å²) in [6.07, 6.45) is 3.42. The van der Waals surface area contributed by atoms with Crippen molar-refractivity contribution >= 4 is 0 Å². The number of rotatable bonds is 4. The van der Waals surface area contributed by atoms with Crippen LogP contribution in [0.25, 0.3) is 0 Å². The topological polar surface area (TPSA) is 35.5 Å². The van der Waals surface area contributed by atoms with Gasteiger partial charge in [-0.3, -0.25) is 0 Å². The van der Waals surface area contributed by atoms with E-state index >= 15 is 0 Å². The number of hydrogen-bond donors (Lipinski definition) is 2. The molecule has 18 heavy (non-hydrogen) atoms. The zero-order valence-electron chi connectivity index (χ0n) is 11.4. The van der Waals surface area contributed by atoms with E-state index in [1.54, 1.807) is 0 Å². The van der Waals surface area contributed by atoms with Crippen molar-refractivity contribution in [3.05, 3.63) is 29.3 Å². The molecular weight excluding hydrogens is 224 g/mol. The minimum absolute atomic E-state index is 0.456. The second-order valence-electron chi connectivity index (χ2n) is 5.49. The van der Waals surface area contributed by atoms with Gasteiger partial charge in [-0.05, 0) is 57.1 Å². The van der Waals surface area contributed by atoms with Gasteiger partial charge in [0.15, 0.2) is 0 Å². The van der Waals surface area contributed by atoms with E-state index in [1.165, 1.54) is 18.4 Å². The second kappa shape index (κ2) is 6.21. The van der Waals surface area contributed by atoms with E-state index in [0.717, 1.165) is 31.6 Å². The summed E-state index contributed by atoms with van der Waals surface area (Å²) >= 11 is 0. The van der Waals surface area contributed by atoms with Crippen LogP contribution in [0.4, 0.5) is 0 Å². The van der Waals surface area contributed by atoms with E-state index in [1.807, 2.05) is 12.1 Å². The first-order chi connectivity index (χ1) is 8.66. The summed E-state index contributed by atoms with van der Waals surface area (Å²) in [5, 5.41) is 13.4. The summed E-state index contributed by atoms with van der Waals surface area (Å²) in [6, 6.07) is 6.09. The molecule has 2 rings (SSSR count). The molecule has 1 aromatic rings. The highest BCUT2D eigenvalue weighted by Gasteiger charge is 2.18. The van der Waals surface area contributed by atoms with Crippen molar-refractivity contribution < 1.29 is 5.11 Å². The summed E-state index contributed by atoms with van der Waals surface area (Å²) in [6.45, 7) is 3.15. The van der Waals surface area contributed by atoms with Gasteiger partial charge in [-0.2, -0.15) is 0 Å². The predicted molar refractivity (Wildman–Crippen MR) is 75.2 cm³/mol. The van der Waals surface area contributed by atoms with Crippen LogP contribution in [0, 0.1) is 0 Å². The van der Waals surface area contributed by atoms with Crippen molar-refractivity contribution in [2.45, 2.75) is 25.2 Å². The monoisotopic (exact) mass is 248 g/mol. The number of phenols is 1. The molecule has 1 aliphatic heterocycles. The Balaban J connectivity index is 2.10. The van der Waals surface area contributed by atoms with Gasteiger partial charge in [-0.1, -0.05) is 12.1 Å². The molecule has 0 saturated carbocycles. The first-order valence-corrected chi connectivity index (χ1v) is 6.84. The predicted octanol–water partition coefficient (Wildman–Crippen LogP) is 1.96. The van der Waals surface area contributed by atoms with Crippen molar-refractivity contribution in [3.63, 3.8) is 0 Å². The average molecular weight is 248 g/mol. The molecule has 1 heterocycles. The molecule has 0 aromatic heterocycles. The maximum Gasteiger partial charge on any atom is 0.119 e. The number of nitrogens with zero attached hydrogens (tertiary/aromatic N) is 1. The molecule has 1 aromatic carbocycles. The van der Waals surface area contributed by atoms with Crippen LogP contribution >= 0.6 is 0 Å². The van der Waals surface area contributed by atoms with Gasteiger partial charge in [0.25, 0.3) is 0 Å². The highest BCUT2D eigenvalue weighted by atomic mass is 16.3. The Labute approximate surface area is 110 Å². The van der Waals surface area contributed by atoms with Crippen molar-refractivity contribution in [2.75, 3.05) is 33.7 Å². The van der Waals surface area contributed by atoms with Crippen LogP contribution in [0.5, 0.6) is 5.75 Å². The van der Waals surface area contributed by atoms with Crippen molar-refractivity contribution in [3.8, 4) is 5.75 Å². The zero-order chi connectivity index (χ0) is 13.0. The van der Waals surface area contributed by atoms with Crippen LogP contribution in [-0.4, -0.2) is 43.7 Å². The number of nitrogens with one attached hydrogen (secondary N) is 1. The second-order valence-corrected chi connectivity index (χ2v) is 5.49. The van der Waals surface area contributed by atoms with Crippen LogP contribution in [-0.2, 0) is 6.42 Å². The lowest BCUT2D eigenvalue weighted by Gasteiger charge is -2.24. The lowest BCUT2D eigenvalue weighted by atomic mass is 9.89. The fourth-order valence-electron chi connectivity index (χ4n) is 2.56. The minimum Gasteiger partial charge on any atom is -0.508 e. The fraction of sp³-hybridized carbons (Fsp3) is 0.600. The Morgan fingerprint density at radius 1 is 1.39 bits per heavy atom. The Bertz CT molecular complexity index is 384. The molecule has 0 amide bonds. The van der Waals surface area contributed by atoms with E-state index in [-0.39, 0.29) is 0 Å². The van der Waals surface area contributed by atoms with Gasteiger partial charge in [0.2, 0.25) is 0 Å². The Kier molecular flexibility index (Phi) is 4.61. The number of hydrogen-bond acceptors (Lipinski definition) is 3. The highest BCUT2D eigenvalue weighted by molar-refractivity contribution is 5.39. The smallest absolute Gasteiger partial charge is 0.119 e. The van der Waals surface area contributed by atoms with Gasteiger partial charge in [0.05, 0.1) is 0 Å². The molecule has 3 heteroatoms. The van der Waals surface area contributed by atoms with Gasteiger partial charge in [-0.15, -0.1) is 0 Å². The van der Waals surface area contributed by atoms with Gasteiger partial charge >= 0.3 is 0 Å². The van der Waals surface area contributed by atoms with Crippen LogP contribution in [0.15, 0.2) is 18.2 Å². The van der Waals surface area contributed by atoms with Crippen LogP contribution in [0.2, 0.25) is 0 Å². The number of likely N-dealkylation sites (N-methyl/N-ethyl adjacent to an activating group) is 1. The third-order valence-electron chi connectivity index (χ3n) is 3.68. The van der Waals surface area contributed by atoms with E-state index in [2.05, 4.69) is 30.4 Å². The molecule has 1 atom stereocenters. The largest absolute Gasteiger partial charge is 0.508 e. The molecule has 0 aliphatic carbocycles. The average Bonchev–Trinajstić information content (AvgIpc) is 2.38. The fourth-order valence-corrected chi connectivity index (χ4v) is 2.56. The van der Waals surface area contributed by atoms with Gasteiger partial charge in [0.1, 0.15) is 5.75 Å². The third-order valence-corrected chi connectivity index (χ3v) is 3.68. The SMILES string of the molecule is CN(C)CCc1ccc(O)c(C2CCCNC2)c1. The lowest BCUT2D eigenvalue weighted by Crippen LogP contribution is -2.28. The van der Waals surface area contributed by atoms with E-state index < -0.39 is 0 Å². The van der Waals surface area contributed by atoms with Gasteiger partial charge in [-0.25, -0.2) is 0 Å². The van der Waals surface area contributed by atoms with Crippen molar-refractivity contribution in [1.29, 1.82) is 0 Å². The maximum absolute atomic E-state index is 10.0. The van der Waals surface area contributed by atoms with Crippen LogP contribution in [0.1, 0.15) is 29.9 Å². The Morgan fingerprint density at radius 3 is 2.89 bits per heavy atom. The highest BCUT2D eigenvalue weighted by Crippen LogP contribution is 2.31. The first-order valence-electron chi connectivity index (χ1n) is 6.84. The number of phenolic OH excluding ortho intramolecular Hbond substituents is 1. The first kappa shape index (κ1) is 13.4. The number of piperidine rings is 1. The van der Waals surface area contributed by atoms with Gasteiger partial charge in [0, 0.05) is 19.0 Å². The molecule has 0 spiro atoms. The number of benzene rings is 1.